The summed E-state index contributed by atoms with van der Waals surface area (Å²) in [6.07, 6.45) is -6.28. The molecule has 0 aromatic heterocycles. The second kappa shape index (κ2) is 14.2. The molecule has 17 heteroatoms. The average Bonchev–Trinajstić information content (AvgIpc) is 2.85. The zero-order valence-electron chi connectivity index (χ0n) is 21.3. The Bertz CT molecular complexity index is 1140. The van der Waals surface area contributed by atoms with E-state index < -0.39 is 108 Å². The SMILES string of the molecule is CC(=O)OC[C@H]1O[C@@H](SCCC(=O)Oc2c(F)c(F)c(F)c(F)c2F)[C@H](OC(C)=O)[C@@H](OC(C)=O)[C@@H]1OC(C)=O. The van der Waals surface area contributed by atoms with E-state index in [0.29, 0.717) is 0 Å². The number of esters is 5. The number of carbonyl (C=O) groups is 5. The molecule has 5 atom stereocenters. The number of thioether (sulfide) groups is 1. The first kappa shape index (κ1) is 32.7. The third kappa shape index (κ3) is 8.51. The van der Waals surface area contributed by atoms with E-state index in [4.69, 9.17) is 23.7 Å². The molecular formula is C23H23F5O11S. The number of hydrogen-bond acceptors (Lipinski definition) is 12. The normalized spacial score (nSPS) is 22.2. The Balaban J connectivity index is 2.26. The summed E-state index contributed by atoms with van der Waals surface area (Å²) in [6.45, 7) is 3.64. The summed E-state index contributed by atoms with van der Waals surface area (Å²) in [5, 5.41) is 0. The molecule has 1 aromatic carbocycles. The Labute approximate surface area is 227 Å². The molecule has 222 valence electrons. The summed E-state index contributed by atoms with van der Waals surface area (Å²) in [5.41, 5.74) is -1.28. The third-order valence-electron chi connectivity index (χ3n) is 4.92. The molecule has 1 saturated heterocycles. The first-order valence-electron chi connectivity index (χ1n) is 11.3. The van der Waals surface area contributed by atoms with Crippen molar-refractivity contribution >= 4 is 41.6 Å². The van der Waals surface area contributed by atoms with Crippen molar-refractivity contribution in [1.82, 2.24) is 0 Å². The van der Waals surface area contributed by atoms with Crippen LogP contribution >= 0.6 is 11.8 Å². The van der Waals surface area contributed by atoms with Crippen LogP contribution in [0.15, 0.2) is 0 Å². The molecule has 1 aliphatic rings. The molecular weight excluding hydrogens is 579 g/mol. The van der Waals surface area contributed by atoms with Gasteiger partial charge >= 0.3 is 29.8 Å². The molecule has 0 radical (unpaired) electrons. The molecule has 40 heavy (non-hydrogen) atoms. The monoisotopic (exact) mass is 602 g/mol. The summed E-state index contributed by atoms with van der Waals surface area (Å²) < 4.78 is 98.3. The van der Waals surface area contributed by atoms with Crippen LogP contribution in [-0.2, 0) is 47.7 Å². The van der Waals surface area contributed by atoms with Crippen LogP contribution in [0.4, 0.5) is 22.0 Å². The van der Waals surface area contributed by atoms with E-state index >= 15 is 0 Å². The summed E-state index contributed by atoms with van der Waals surface area (Å²) in [4.78, 5) is 58.8. The smallest absolute Gasteiger partial charge is 0.312 e. The highest BCUT2D eigenvalue weighted by Gasteiger charge is 2.52. The summed E-state index contributed by atoms with van der Waals surface area (Å²) in [6, 6.07) is 0. The lowest BCUT2D eigenvalue weighted by atomic mass is 9.99. The standard InChI is InChI=1S/C23H23F5O11S/c1-8(29)34-7-12-19(35-9(2)30)21(36-10(3)31)22(37-11(4)32)23(38-12)40-6-5-13(33)39-20-17(27)15(25)14(24)16(26)18(20)28/h12,19,21-23H,5-7H2,1-4H3/t12-,19-,21+,22-,23+/m1/s1. The maximum atomic E-state index is 13.8. The number of ether oxygens (including phenoxy) is 6. The second-order valence-corrected chi connectivity index (χ2v) is 9.27. The van der Waals surface area contributed by atoms with Gasteiger partial charge in [-0.05, 0) is 0 Å². The van der Waals surface area contributed by atoms with Crippen LogP contribution in [0, 0.1) is 29.1 Å². The van der Waals surface area contributed by atoms with Crippen LogP contribution in [0.2, 0.25) is 0 Å². The number of hydrogen-bond donors (Lipinski definition) is 0. The van der Waals surface area contributed by atoms with E-state index in [-0.39, 0.29) is 5.75 Å². The van der Waals surface area contributed by atoms with Gasteiger partial charge in [0.15, 0.2) is 18.3 Å². The molecule has 11 nitrogen and oxygen atoms in total. The third-order valence-corrected chi connectivity index (χ3v) is 6.07. The van der Waals surface area contributed by atoms with Crippen LogP contribution < -0.4 is 4.74 Å². The lowest BCUT2D eigenvalue weighted by molar-refractivity contribution is -0.237. The van der Waals surface area contributed by atoms with Gasteiger partial charge in [0.1, 0.15) is 18.1 Å². The fraction of sp³-hybridized carbons (Fsp3) is 0.522. The predicted molar refractivity (Wildman–Crippen MR) is 121 cm³/mol. The average molecular weight is 602 g/mol. The van der Waals surface area contributed by atoms with Crippen molar-refractivity contribution in [3.63, 3.8) is 0 Å². The van der Waals surface area contributed by atoms with Crippen LogP contribution in [0.3, 0.4) is 0 Å². The largest absolute Gasteiger partial charge is 0.463 e. The maximum Gasteiger partial charge on any atom is 0.312 e. The summed E-state index contributed by atoms with van der Waals surface area (Å²) >= 11 is 0.725. The van der Waals surface area contributed by atoms with Crippen molar-refractivity contribution in [2.75, 3.05) is 12.4 Å². The van der Waals surface area contributed by atoms with E-state index in [1.807, 2.05) is 0 Å². The molecule has 0 spiro atoms. The quantitative estimate of drug-likeness (QED) is 0.0971. The van der Waals surface area contributed by atoms with Crippen molar-refractivity contribution in [3.8, 4) is 5.75 Å². The van der Waals surface area contributed by atoms with E-state index in [0.717, 1.165) is 39.5 Å². The van der Waals surface area contributed by atoms with Gasteiger partial charge in [0, 0.05) is 33.4 Å². The van der Waals surface area contributed by atoms with Gasteiger partial charge in [-0.25, -0.2) is 13.2 Å². The fourth-order valence-corrected chi connectivity index (χ4v) is 4.56. The first-order chi connectivity index (χ1) is 18.6. The molecule has 1 aliphatic heterocycles. The predicted octanol–water partition coefficient (Wildman–Crippen LogP) is 2.49. The maximum absolute atomic E-state index is 13.8. The van der Waals surface area contributed by atoms with Gasteiger partial charge in [0.05, 0.1) is 6.42 Å². The molecule has 1 heterocycles. The minimum absolute atomic E-state index is 0.317. The summed E-state index contributed by atoms with van der Waals surface area (Å²) in [7, 11) is 0. The van der Waals surface area contributed by atoms with E-state index in [2.05, 4.69) is 4.74 Å². The lowest BCUT2D eigenvalue weighted by Gasteiger charge is -2.44. The van der Waals surface area contributed by atoms with Crippen LogP contribution in [0.5, 0.6) is 5.75 Å². The van der Waals surface area contributed by atoms with E-state index in [9.17, 15) is 45.9 Å². The highest BCUT2D eigenvalue weighted by Crippen LogP contribution is 2.35. The van der Waals surface area contributed by atoms with E-state index in [1.165, 1.54) is 0 Å². The molecule has 0 aliphatic carbocycles. The Hall–Kier alpha value is -3.47. The molecule has 0 N–H and O–H groups in total. The highest BCUT2D eigenvalue weighted by molar-refractivity contribution is 7.99. The van der Waals surface area contributed by atoms with Gasteiger partial charge in [-0.1, -0.05) is 0 Å². The van der Waals surface area contributed by atoms with Crippen molar-refractivity contribution < 1.29 is 74.3 Å². The molecule has 0 bridgehead atoms. The van der Waals surface area contributed by atoms with Crippen molar-refractivity contribution in [3.05, 3.63) is 29.1 Å². The highest BCUT2D eigenvalue weighted by atomic mass is 32.2. The molecule has 1 aromatic rings. The van der Waals surface area contributed by atoms with Gasteiger partial charge in [-0.3, -0.25) is 24.0 Å². The molecule has 2 rings (SSSR count). The zero-order valence-corrected chi connectivity index (χ0v) is 22.1. The van der Waals surface area contributed by atoms with Crippen molar-refractivity contribution in [1.29, 1.82) is 0 Å². The number of carbonyl (C=O) groups excluding carboxylic acids is 5. The van der Waals surface area contributed by atoms with Crippen LogP contribution in [-0.4, -0.2) is 72.1 Å². The molecule has 1 fully saturated rings. The van der Waals surface area contributed by atoms with Gasteiger partial charge in [-0.15, -0.1) is 11.8 Å². The van der Waals surface area contributed by atoms with Crippen LogP contribution in [0.25, 0.3) is 0 Å². The van der Waals surface area contributed by atoms with Crippen LogP contribution in [0.1, 0.15) is 34.1 Å². The van der Waals surface area contributed by atoms with Crippen molar-refractivity contribution in [2.24, 2.45) is 0 Å². The number of halogens is 5. The minimum Gasteiger partial charge on any atom is -0.463 e. The fourth-order valence-electron chi connectivity index (χ4n) is 3.42. The summed E-state index contributed by atoms with van der Waals surface area (Å²) in [5.74, 6) is -18.6. The van der Waals surface area contributed by atoms with Crippen molar-refractivity contribution in [2.45, 2.75) is 64.0 Å². The van der Waals surface area contributed by atoms with Gasteiger partial charge in [0.25, 0.3) is 0 Å². The Morgan fingerprint density at radius 3 is 1.68 bits per heavy atom. The molecule has 0 amide bonds. The lowest BCUT2D eigenvalue weighted by Crippen LogP contribution is -2.61. The second-order valence-electron chi connectivity index (χ2n) is 8.06. The molecule has 0 unspecified atom stereocenters. The van der Waals surface area contributed by atoms with Gasteiger partial charge in [0.2, 0.25) is 34.8 Å². The first-order valence-corrected chi connectivity index (χ1v) is 12.3. The topological polar surface area (TPSA) is 141 Å². The Kier molecular flexibility index (Phi) is 11.7. The number of rotatable bonds is 10. The minimum atomic E-state index is -2.44. The number of benzene rings is 1. The van der Waals surface area contributed by atoms with Gasteiger partial charge in [-0.2, -0.15) is 8.78 Å². The zero-order chi connectivity index (χ0) is 30.3. The Morgan fingerprint density at radius 1 is 0.700 bits per heavy atom. The van der Waals surface area contributed by atoms with E-state index in [1.54, 1.807) is 0 Å². The molecule has 0 saturated carbocycles. The Morgan fingerprint density at radius 2 is 1.18 bits per heavy atom. The van der Waals surface area contributed by atoms with Gasteiger partial charge < -0.3 is 28.4 Å².